The molecule has 0 aliphatic carbocycles. The normalized spacial score (nSPS) is 20.7. The van der Waals surface area contributed by atoms with E-state index in [-0.39, 0.29) is 11.4 Å². The first-order valence-electron chi connectivity index (χ1n) is 5.13. The molecular formula is C11H14ClNO2. The number of ether oxygens (including phenoxy) is 1. The van der Waals surface area contributed by atoms with Gasteiger partial charge in [-0.15, -0.1) is 11.6 Å². The lowest BCUT2D eigenvalue weighted by molar-refractivity contribution is 0.182. The molecule has 0 radical (unpaired) electrons. The van der Waals surface area contributed by atoms with Gasteiger partial charge in [-0.05, 0) is 12.5 Å². The summed E-state index contributed by atoms with van der Waals surface area (Å²) in [4.78, 5) is 11.8. The standard InChI is InChI=1S/C11H14ClNO2/c12-6-10-2-1-4-13(11(10)14)7-9-3-5-15-8-9/h1-2,4,9H,3,5-8H2/t9-/m0/s1. The summed E-state index contributed by atoms with van der Waals surface area (Å²) in [6.45, 7) is 2.32. The molecule has 0 saturated carbocycles. The number of rotatable bonds is 3. The third-order valence-electron chi connectivity index (χ3n) is 2.72. The van der Waals surface area contributed by atoms with Gasteiger partial charge in [0.2, 0.25) is 0 Å². The average Bonchev–Trinajstić information content (AvgIpc) is 2.74. The SMILES string of the molecule is O=c1c(CCl)cccn1C[C@@H]1CCOC1. The Morgan fingerprint density at radius 3 is 3.13 bits per heavy atom. The number of nitrogens with zero attached hydrogens (tertiary/aromatic N) is 1. The fraction of sp³-hybridized carbons (Fsp3) is 0.545. The van der Waals surface area contributed by atoms with Crippen LogP contribution in [0.4, 0.5) is 0 Å². The van der Waals surface area contributed by atoms with Crippen molar-refractivity contribution in [2.24, 2.45) is 5.92 Å². The Bertz CT molecular complexity index is 382. The van der Waals surface area contributed by atoms with Crippen LogP contribution in [0.1, 0.15) is 12.0 Å². The van der Waals surface area contributed by atoms with Gasteiger partial charge in [-0.2, -0.15) is 0 Å². The van der Waals surface area contributed by atoms with Crippen LogP contribution < -0.4 is 5.56 Å². The summed E-state index contributed by atoms with van der Waals surface area (Å²) < 4.78 is 7.02. The lowest BCUT2D eigenvalue weighted by Crippen LogP contribution is -2.25. The number of pyridine rings is 1. The molecular weight excluding hydrogens is 214 g/mol. The van der Waals surface area contributed by atoms with Crippen LogP contribution in [0.2, 0.25) is 0 Å². The van der Waals surface area contributed by atoms with Gasteiger partial charge in [-0.3, -0.25) is 4.79 Å². The van der Waals surface area contributed by atoms with Gasteiger partial charge in [0, 0.05) is 30.8 Å². The van der Waals surface area contributed by atoms with Crippen molar-refractivity contribution < 1.29 is 4.74 Å². The predicted molar refractivity (Wildman–Crippen MR) is 59.2 cm³/mol. The summed E-state index contributed by atoms with van der Waals surface area (Å²) in [7, 11) is 0. The van der Waals surface area contributed by atoms with E-state index in [1.54, 1.807) is 10.6 Å². The van der Waals surface area contributed by atoms with Crippen LogP contribution in [0.3, 0.4) is 0 Å². The molecule has 3 nitrogen and oxygen atoms in total. The van der Waals surface area contributed by atoms with E-state index in [1.165, 1.54) is 0 Å². The molecule has 2 heterocycles. The maximum atomic E-state index is 11.8. The molecule has 0 N–H and O–H groups in total. The van der Waals surface area contributed by atoms with Gasteiger partial charge >= 0.3 is 0 Å². The van der Waals surface area contributed by atoms with Crippen molar-refractivity contribution in [1.82, 2.24) is 4.57 Å². The lowest BCUT2D eigenvalue weighted by Gasteiger charge is -2.10. The molecule has 1 aromatic rings. The Morgan fingerprint density at radius 2 is 2.47 bits per heavy atom. The van der Waals surface area contributed by atoms with Crippen LogP contribution in [0.15, 0.2) is 23.1 Å². The van der Waals surface area contributed by atoms with Gasteiger partial charge in [0.1, 0.15) is 0 Å². The van der Waals surface area contributed by atoms with Crippen LogP contribution in [0.5, 0.6) is 0 Å². The molecule has 1 fully saturated rings. The minimum atomic E-state index is 0.0272. The Kier molecular flexibility index (Phi) is 3.44. The summed E-state index contributed by atoms with van der Waals surface area (Å²) in [5.41, 5.74) is 0.692. The third-order valence-corrected chi connectivity index (χ3v) is 3.01. The number of alkyl halides is 1. The van der Waals surface area contributed by atoms with E-state index >= 15 is 0 Å². The van der Waals surface area contributed by atoms with Gasteiger partial charge in [0.05, 0.1) is 12.5 Å². The highest BCUT2D eigenvalue weighted by atomic mass is 35.5. The van der Waals surface area contributed by atoms with Gasteiger partial charge < -0.3 is 9.30 Å². The van der Waals surface area contributed by atoms with Crippen LogP contribution in [-0.2, 0) is 17.2 Å². The molecule has 1 aliphatic rings. The molecule has 1 aromatic heterocycles. The lowest BCUT2D eigenvalue weighted by atomic mass is 10.1. The Labute approximate surface area is 93.6 Å². The summed E-state index contributed by atoms with van der Waals surface area (Å²) in [6.07, 6.45) is 2.86. The highest BCUT2D eigenvalue weighted by molar-refractivity contribution is 6.17. The zero-order chi connectivity index (χ0) is 10.7. The fourth-order valence-electron chi connectivity index (χ4n) is 1.84. The zero-order valence-electron chi connectivity index (χ0n) is 8.49. The molecule has 15 heavy (non-hydrogen) atoms. The van der Waals surface area contributed by atoms with Crippen LogP contribution in [0.25, 0.3) is 0 Å². The minimum absolute atomic E-state index is 0.0272. The van der Waals surface area contributed by atoms with Crippen molar-refractivity contribution in [3.63, 3.8) is 0 Å². The largest absolute Gasteiger partial charge is 0.381 e. The predicted octanol–water partition coefficient (Wildman–Crippen LogP) is 1.62. The summed E-state index contributed by atoms with van der Waals surface area (Å²) in [5, 5.41) is 0. The quantitative estimate of drug-likeness (QED) is 0.735. The number of hydrogen-bond acceptors (Lipinski definition) is 2. The Balaban J connectivity index is 2.17. The molecule has 82 valence electrons. The van der Waals surface area contributed by atoms with Gasteiger partial charge in [-0.1, -0.05) is 6.07 Å². The second-order valence-corrected chi connectivity index (χ2v) is 4.12. The topological polar surface area (TPSA) is 31.2 Å². The van der Waals surface area contributed by atoms with Crippen LogP contribution in [0, 0.1) is 5.92 Å². The first-order valence-corrected chi connectivity index (χ1v) is 5.66. The van der Waals surface area contributed by atoms with Crippen molar-refractivity contribution in [1.29, 1.82) is 0 Å². The highest BCUT2D eigenvalue weighted by Crippen LogP contribution is 2.13. The molecule has 0 spiro atoms. The van der Waals surface area contributed by atoms with Gasteiger partial charge in [0.25, 0.3) is 5.56 Å². The highest BCUT2D eigenvalue weighted by Gasteiger charge is 2.16. The van der Waals surface area contributed by atoms with Crippen molar-refractivity contribution >= 4 is 11.6 Å². The van der Waals surface area contributed by atoms with Crippen molar-refractivity contribution in [3.8, 4) is 0 Å². The van der Waals surface area contributed by atoms with E-state index in [0.29, 0.717) is 11.5 Å². The van der Waals surface area contributed by atoms with Crippen LogP contribution in [-0.4, -0.2) is 17.8 Å². The Hall–Kier alpha value is -0.800. The first-order chi connectivity index (χ1) is 7.31. The molecule has 2 rings (SSSR count). The molecule has 1 atom stereocenters. The van der Waals surface area contributed by atoms with Crippen LogP contribution >= 0.6 is 11.6 Å². The number of aromatic nitrogens is 1. The molecule has 0 bridgehead atoms. The molecule has 1 aliphatic heterocycles. The molecule has 4 heteroatoms. The average molecular weight is 228 g/mol. The molecule has 0 unspecified atom stereocenters. The maximum Gasteiger partial charge on any atom is 0.254 e. The summed E-state index contributed by atoms with van der Waals surface area (Å²) in [6, 6.07) is 3.64. The van der Waals surface area contributed by atoms with Gasteiger partial charge in [-0.25, -0.2) is 0 Å². The van der Waals surface area contributed by atoms with E-state index < -0.39 is 0 Å². The maximum absolute atomic E-state index is 11.8. The second kappa shape index (κ2) is 4.81. The smallest absolute Gasteiger partial charge is 0.254 e. The zero-order valence-corrected chi connectivity index (χ0v) is 9.24. The second-order valence-electron chi connectivity index (χ2n) is 3.85. The monoisotopic (exact) mass is 227 g/mol. The molecule has 0 aromatic carbocycles. The minimum Gasteiger partial charge on any atom is -0.381 e. The van der Waals surface area contributed by atoms with E-state index in [1.807, 2.05) is 12.3 Å². The Morgan fingerprint density at radius 1 is 1.60 bits per heavy atom. The van der Waals surface area contributed by atoms with E-state index in [0.717, 1.165) is 26.2 Å². The fourth-order valence-corrected chi connectivity index (χ4v) is 2.04. The van der Waals surface area contributed by atoms with Crippen molar-refractivity contribution in [3.05, 3.63) is 34.2 Å². The summed E-state index contributed by atoms with van der Waals surface area (Å²) in [5.74, 6) is 0.745. The van der Waals surface area contributed by atoms with Gasteiger partial charge in [0.15, 0.2) is 0 Å². The first kappa shape index (κ1) is 10.7. The van der Waals surface area contributed by atoms with E-state index in [2.05, 4.69) is 0 Å². The molecule has 0 amide bonds. The van der Waals surface area contributed by atoms with E-state index in [9.17, 15) is 4.79 Å². The third kappa shape index (κ3) is 2.41. The number of halogens is 1. The van der Waals surface area contributed by atoms with E-state index in [4.69, 9.17) is 16.3 Å². The van der Waals surface area contributed by atoms with Crippen molar-refractivity contribution in [2.45, 2.75) is 18.8 Å². The van der Waals surface area contributed by atoms with Crippen molar-refractivity contribution in [2.75, 3.05) is 13.2 Å². The summed E-state index contributed by atoms with van der Waals surface area (Å²) >= 11 is 5.68. The molecule has 1 saturated heterocycles. The number of hydrogen-bond donors (Lipinski definition) is 0.